The van der Waals surface area contributed by atoms with Crippen LogP contribution >= 0.6 is 0 Å². The van der Waals surface area contributed by atoms with Crippen molar-refractivity contribution < 1.29 is 38.2 Å². The predicted octanol–water partition coefficient (Wildman–Crippen LogP) is 12.1. The summed E-state index contributed by atoms with van der Waals surface area (Å²) < 4.78 is 17.2. The van der Waals surface area contributed by atoms with Crippen molar-refractivity contribution >= 4 is 17.9 Å². The number of esters is 2. The number of nitrogens with zero attached hydrogens (tertiary/aromatic N) is 1. The number of carbonyl (C=O) groups is 3. The number of likely N-dealkylation sites (N-methyl/N-ethyl adjacent to an activating group) is 1. The zero-order valence-electron chi connectivity index (χ0n) is 39.3. The molecule has 0 aromatic heterocycles. The Bertz CT molecular complexity index is 1310. The number of carboxylic acids is 1. The smallest absolute Gasteiger partial charge is 0.306 e. The van der Waals surface area contributed by atoms with Crippen LogP contribution in [0.5, 0.6) is 0 Å². The average molecular weight is 850 g/mol. The zero-order valence-corrected chi connectivity index (χ0v) is 39.3. The molecule has 346 valence electrons. The molecule has 0 aromatic carbocycles. The number of rotatable bonds is 41. The van der Waals surface area contributed by atoms with Crippen molar-refractivity contribution in [2.45, 2.75) is 180 Å². The molecule has 8 nitrogen and oxygen atoms in total. The molecule has 8 heteroatoms. The van der Waals surface area contributed by atoms with Gasteiger partial charge in [0.2, 0.25) is 0 Å². The van der Waals surface area contributed by atoms with E-state index in [2.05, 4.69) is 111 Å². The van der Waals surface area contributed by atoms with E-state index in [-0.39, 0.29) is 49.1 Å². The lowest BCUT2D eigenvalue weighted by Gasteiger charge is -2.34. The molecule has 0 aliphatic heterocycles. The molecule has 0 aliphatic carbocycles. The number of unbranched alkanes of at least 4 members (excludes halogenated alkanes) is 11. The van der Waals surface area contributed by atoms with Gasteiger partial charge in [-0.2, -0.15) is 0 Å². The largest absolute Gasteiger partial charge is 0.544 e. The van der Waals surface area contributed by atoms with Crippen LogP contribution in [0.15, 0.2) is 97.2 Å². The first-order valence-electron chi connectivity index (χ1n) is 23.8. The van der Waals surface area contributed by atoms with Crippen molar-refractivity contribution in [3.8, 4) is 0 Å². The summed E-state index contributed by atoms with van der Waals surface area (Å²) in [4.78, 5) is 36.9. The van der Waals surface area contributed by atoms with Crippen molar-refractivity contribution in [3.05, 3.63) is 97.2 Å². The maximum Gasteiger partial charge on any atom is 0.306 e. The Labute approximate surface area is 373 Å². The van der Waals surface area contributed by atoms with Gasteiger partial charge in [-0.15, -0.1) is 0 Å². The Hall–Kier alpha value is -3.75. The summed E-state index contributed by atoms with van der Waals surface area (Å²) in [6, 6.07) is -0.738. The SMILES string of the molecule is CC/C=C/C/C=C/C/C=C/C/C=C/C/C=C/C/C=C/CCCCCCC(=O)OC(COCCC(C(=O)[O-])[N+](C)(C)C)COC(=O)CCCCCCCCC/C=C/C/C=C/CC. The first kappa shape index (κ1) is 57.2. The third-order valence-electron chi connectivity index (χ3n) is 9.97. The number of allylic oxidation sites excluding steroid dienone is 16. The Morgan fingerprint density at radius 2 is 0.869 bits per heavy atom. The van der Waals surface area contributed by atoms with E-state index >= 15 is 0 Å². The van der Waals surface area contributed by atoms with Crippen molar-refractivity contribution in [2.75, 3.05) is 41.0 Å². The Kier molecular flexibility index (Phi) is 40.3. The Morgan fingerprint density at radius 1 is 0.492 bits per heavy atom. The fourth-order valence-corrected chi connectivity index (χ4v) is 6.35. The van der Waals surface area contributed by atoms with E-state index in [1.165, 1.54) is 25.7 Å². The van der Waals surface area contributed by atoms with Crippen molar-refractivity contribution in [1.82, 2.24) is 0 Å². The van der Waals surface area contributed by atoms with Crippen molar-refractivity contribution in [3.63, 3.8) is 0 Å². The minimum Gasteiger partial charge on any atom is -0.544 e. The molecule has 0 rings (SSSR count). The summed E-state index contributed by atoms with van der Waals surface area (Å²) in [6.07, 6.45) is 57.2. The summed E-state index contributed by atoms with van der Waals surface area (Å²) in [6.45, 7) is 4.39. The van der Waals surface area contributed by atoms with Crippen LogP contribution in [0.2, 0.25) is 0 Å². The molecule has 0 fully saturated rings. The minimum absolute atomic E-state index is 0.0214. The quantitative estimate of drug-likeness (QED) is 0.0261. The monoisotopic (exact) mass is 850 g/mol. The molecule has 0 spiro atoms. The first-order valence-corrected chi connectivity index (χ1v) is 23.8. The second-order valence-corrected chi connectivity index (χ2v) is 16.6. The van der Waals surface area contributed by atoms with Crippen LogP contribution in [0.3, 0.4) is 0 Å². The van der Waals surface area contributed by atoms with Crippen molar-refractivity contribution in [2.24, 2.45) is 0 Å². The van der Waals surface area contributed by atoms with Gasteiger partial charge in [-0.3, -0.25) is 9.59 Å². The van der Waals surface area contributed by atoms with Crippen LogP contribution in [0.4, 0.5) is 0 Å². The molecule has 0 N–H and O–H groups in total. The van der Waals surface area contributed by atoms with E-state index in [1.54, 1.807) is 21.1 Å². The highest BCUT2D eigenvalue weighted by molar-refractivity contribution is 5.70. The van der Waals surface area contributed by atoms with Crippen molar-refractivity contribution in [1.29, 1.82) is 0 Å². The third-order valence-corrected chi connectivity index (χ3v) is 9.97. The highest BCUT2D eigenvalue weighted by atomic mass is 16.6. The molecule has 0 heterocycles. The summed E-state index contributed by atoms with van der Waals surface area (Å²) >= 11 is 0. The van der Waals surface area contributed by atoms with Crippen LogP contribution in [0, 0.1) is 0 Å². The van der Waals surface area contributed by atoms with Gasteiger partial charge in [0.05, 0.1) is 40.3 Å². The van der Waals surface area contributed by atoms with Gasteiger partial charge in [-0.1, -0.05) is 156 Å². The van der Waals surface area contributed by atoms with E-state index in [1.807, 2.05) is 0 Å². The van der Waals surface area contributed by atoms with Gasteiger partial charge in [-0.05, 0) is 89.9 Å². The Morgan fingerprint density at radius 3 is 1.28 bits per heavy atom. The topological polar surface area (TPSA) is 102 Å². The number of carbonyl (C=O) groups excluding carboxylic acids is 3. The maximum atomic E-state index is 12.8. The molecule has 0 saturated carbocycles. The lowest BCUT2D eigenvalue weighted by molar-refractivity contribution is -0.889. The molecule has 0 aliphatic rings. The summed E-state index contributed by atoms with van der Waals surface area (Å²) in [7, 11) is 5.39. The molecule has 2 unspecified atom stereocenters. The normalized spacial score (nSPS) is 13.8. The Balaban J connectivity index is 4.37. The van der Waals surface area contributed by atoms with Crippen LogP contribution in [-0.2, 0) is 28.6 Å². The molecule has 2 atom stereocenters. The second-order valence-electron chi connectivity index (χ2n) is 16.6. The van der Waals surface area contributed by atoms with E-state index in [0.717, 1.165) is 109 Å². The molecule has 0 saturated heterocycles. The van der Waals surface area contributed by atoms with Gasteiger partial charge >= 0.3 is 11.9 Å². The molecule has 0 aromatic rings. The fourth-order valence-electron chi connectivity index (χ4n) is 6.35. The molecule has 0 amide bonds. The lowest BCUT2D eigenvalue weighted by Crippen LogP contribution is -2.55. The standard InChI is InChI=1S/C53H87NO7/c1-6-8-10-12-14-16-18-20-22-23-24-25-26-27-28-29-30-32-34-36-38-40-42-44-52(56)61-49(47-59-46-45-50(53(57)58)54(3,4)5)48-60-51(55)43-41-39-37-35-33-31-21-19-17-15-13-11-9-7-2/h8-11,14-17,20,22,24-25,27-28,30,32,49-50H,6-7,12-13,18-19,21,23,26,29,31,33-48H2,1-5H3/b10-8+,11-9+,16-14+,17-15+,22-20+,25-24+,28-27+,32-30+. The molecule has 0 bridgehead atoms. The fraction of sp³-hybridized carbons (Fsp3) is 0.642. The third kappa shape index (κ3) is 41.4. The number of carboxylic acid groups (broad SMARTS) is 1. The number of quaternary nitrogens is 1. The van der Waals surface area contributed by atoms with Gasteiger partial charge < -0.3 is 28.6 Å². The summed E-state index contributed by atoms with van der Waals surface area (Å²) in [5.41, 5.74) is 0. The van der Waals surface area contributed by atoms with E-state index in [4.69, 9.17) is 14.2 Å². The van der Waals surface area contributed by atoms with E-state index in [0.29, 0.717) is 6.42 Å². The van der Waals surface area contributed by atoms with Crippen LogP contribution in [-0.4, -0.2) is 75.5 Å². The number of aliphatic carboxylic acids is 1. The van der Waals surface area contributed by atoms with Gasteiger partial charge in [0.15, 0.2) is 6.10 Å². The van der Waals surface area contributed by atoms with Crippen LogP contribution in [0.1, 0.15) is 168 Å². The predicted molar refractivity (Wildman–Crippen MR) is 254 cm³/mol. The number of hydrogen-bond acceptors (Lipinski definition) is 7. The molecule has 61 heavy (non-hydrogen) atoms. The summed E-state index contributed by atoms with van der Waals surface area (Å²) in [5, 5.41) is 11.6. The number of ether oxygens (including phenoxy) is 3. The lowest BCUT2D eigenvalue weighted by atomic mass is 10.1. The maximum absolute atomic E-state index is 12.8. The highest BCUT2D eigenvalue weighted by Gasteiger charge is 2.25. The molecule has 0 radical (unpaired) electrons. The summed E-state index contributed by atoms with van der Waals surface area (Å²) in [5.74, 6) is -1.79. The van der Waals surface area contributed by atoms with E-state index in [9.17, 15) is 19.5 Å². The van der Waals surface area contributed by atoms with Crippen LogP contribution in [0.25, 0.3) is 0 Å². The molecular formula is C53H87NO7. The zero-order chi connectivity index (χ0) is 44.9. The number of hydrogen-bond donors (Lipinski definition) is 0. The van der Waals surface area contributed by atoms with Gasteiger partial charge in [0.25, 0.3) is 0 Å². The van der Waals surface area contributed by atoms with Crippen LogP contribution < -0.4 is 5.11 Å². The van der Waals surface area contributed by atoms with Gasteiger partial charge in [-0.25, -0.2) is 0 Å². The van der Waals surface area contributed by atoms with Gasteiger partial charge in [0.1, 0.15) is 12.6 Å². The second kappa shape index (κ2) is 42.9. The molecular weight excluding hydrogens is 763 g/mol. The minimum atomic E-state index is -1.13. The first-order chi connectivity index (χ1) is 29.6. The average Bonchev–Trinajstić information content (AvgIpc) is 3.22. The van der Waals surface area contributed by atoms with E-state index < -0.39 is 18.1 Å². The highest BCUT2D eigenvalue weighted by Crippen LogP contribution is 2.13. The van der Waals surface area contributed by atoms with Gasteiger partial charge in [0, 0.05) is 19.3 Å².